The van der Waals surface area contributed by atoms with E-state index in [0.717, 1.165) is 37.2 Å². The standard InChI is InChI=1S/C16H28N4O/c1-16(2,3)13-7-5-11(6-8-13)15(21)18-9-12-10-19-20(4)14(12)17/h10-11,13H,5-9,17H2,1-4H3,(H,18,21). The Bertz CT molecular complexity index is 493. The second kappa shape index (κ2) is 6.08. The van der Waals surface area contributed by atoms with E-state index in [9.17, 15) is 4.79 Å². The number of anilines is 1. The van der Waals surface area contributed by atoms with Crippen molar-refractivity contribution in [3.05, 3.63) is 11.8 Å². The van der Waals surface area contributed by atoms with Gasteiger partial charge in [-0.3, -0.25) is 9.48 Å². The lowest BCUT2D eigenvalue weighted by Gasteiger charge is -2.36. The van der Waals surface area contributed by atoms with Crippen LogP contribution in [0.4, 0.5) is 5.82 Å². The molecule has 21 heavy (non-hydrogen) atoms. The summed E-state index contributed by atoms with van der Waals surface area (Å²) in [6.07, 6.45) is 6.01. The molecule has 1 aromatic rings. The van der Waals surface area contributed by atoms with Gasteiger partial charge in [-0.05, 0) is 37.0 Å². The van der Waals surface area contributed by atoms with Crippen molar-refractivity contribution in [2.75, 3.05) is 5.73 Å². The first-order chi connectivity index (χ1) is 9.79. The van der Waals surface area contributed by atoms with E-state index in [1.165, 1.54) is 0 Å². The van der Waals surface area contributed by atoms with Gasteiger partial charge in [0.05, 0.1) is 6.20 Å². The lowest BCUT2D eigenvalue weighted by Crippen LogP contribution is -2.35. The van der Waals surface area contributed by atoms with E-state index in [-0.39, 0.29) is 11.8 Å². The molecule has 1 aliphatic rings. The molecule has 5 nitrogen and oxygen atoms in total. The zero-order chi connectivity index (χ0) is 15.6. The highest BCUT2D eigenvalue weighted by atomic mass is 16.1. The van der Waals surface area contributed by atoms with Crippen LogP contribution >= 0.6 is 0 Å². The molecule has 0 saturated heterocycles. The Morgan fingerprint density at radius 3 is 2.48 bits per heavy atom. The molecule has 118 valence electrons. The zero-order valence-corrected chi connectivity index (χ0v) is 13.6. The molecule has 1 saturated carbocycles. The van der Waals surface area contributed by atoms with E-state index in [0.29, 0.717) is 17.8 Å². The van der Waals surface area contributed by atoms with Crippen LogP contribution in [0.2, 0.25) is 0 Å². The highest BCUT2D eigenvalue weighted by molar-refractivity contribution is 5.78. The Balaban J connectivity index is 1.81. The molecule has 3 N–H and O–H groups in total. The monoisotopic (exact) mass is 292 g/mol. The molecular formula is C16H28N4O. The minimum absolute atomic E-state index is 0.154. The maximum absolute atomic E-state index is 12.3. The van der Waals surface area contributed by atoms with Crippen LogP contribution in [0.5, 0.6) is 0 Å². The Morgan fingerprint density at radius 1 is 1.38 bits per heavy atom. The number of nitrogen functional groups attached to an aromatic ring is 1. The van der Waals surface area contributed by atoms with Gasteiger partial charge in [-0.1, -0.05) is 20.8 Å². The topological polar surface area (TPSA) is 72.9 Å². The van der Waals surface area contributed by atoms with Crippen molar-refractivity contribution in [2.24, 2.45) is 24.3 Å². The number of hydrogen-bond donors (Lipinski definition) is 2. The van der Waals surface area contributed by atoms with E-state index in [2.05, 4.69) is 31.2 Å². The average Bonchev–Trinajstić information content (AvgIpc) is 2.75. The van der Waals surface area contributed by atoms with Crippen molar-refractivity contribution >= 4 is 11.7 Å². The summed E-state index contributed by atoms with van der Waals surface area (Å²) in [6, 6.07) is 0. The third-order valence-electron chi connectivity index (χ3n) is 4.84. The van der Waals surface area contributed by atoms with Gasteiger partial charge < -0.3 is 11.1 Å². The van der Waals surface area contributed by atoms with Crippen molar-refractivity contribution in [1.29, 1.82) is 0 Å². The number of carbonyl (C=O) groups is 1. The first-order valence-corrected chi connectivity index (χ1v) is 7.83. The summed E-state index contributed by atoms with van der Waals surface area (Å²) >= 11 is 0. The van der Waals surface area contributed by atoms with Crippen molar-refractivity contribution < 1.29 is 4.79 Å². The number of amides is 1. The quantitative estimate of drug-likeness (QED) is 0.899. The third kappa shape index (κ3) is 3.77. The molecule has 0 aliphatic heterocycles. The third-order valence-corrected chi connectivity index (χ3v) is 4.84. The SMILES string of the molecule is Cn1ncc(CNC(=O)C2CCC(C(C)(C)C)CC2)c1N. The predicted molar refractivity (Wildman–Crippen MR) is 84.4 cm³/mol. The molecule has 5 heteroatoms. The van der Waals surface area contributed by atoms with Crippen molar-refractivity contribution in [3.8, 4) is 0 Å². The number of aryl methyl sites for hydroxylation is 1. The van der Waals surface area contributed by atoms with Crippen LogP contribution in [0, 0.1) is 17.3 Å². The molecule has 0 bridgehead atoms. The number of nitrogens with one attached hydrogen (secondary N) is 1. The molecule has 1 aliphatic carbocycles. The van der Waals surface area contributed by atoms with Gasteiger partial charge >= 0.3 is 0 Å². The fourth-order valence-electron chi connectivity index (χ4n) is 3.18. The van der Waals surface area contributed by atoms with Crippen LogP contribution in [-0.2, 0) is 18.4 Å². The predicted octanol–water partition coefficient (Wildman–Crippen LogP) is 2.47. The van der Waals surface area contributed by atoms with E-state index in [1.54, 1.807) is 17.9 Å². The number of carbonyl (C=O) groups excluding carboxylic acids is 1. The molecule has 0 radical (unpaired) electrons. The highest BCUT2D eigenvalue weighted by Gasteiger charge is 2.32. The van der Waals surface area contributed by atoms with E-state index in [4.69, 9.17) is 5.73 Å². The molecule has 0 spiro atoms. The van der Waals surface area contributed by atoms with Crippen LogP contribution in [0.3, 0.4) is 0 Å². The first kappa shape index (κ1) is 15.9. The van der Waals surface area contributed by atoms with Gasteiger partial charge in [0.15, 0.2) is 0 Å². The van der Waals surface area contributed by atoms with Crippen molar-refractivity contribution in [1.82, 2.24) is 15.1 Å². The van der Waals surface area contributed by atoms with Crippen LogP contribution in [-0.4, -0.2) is 15.7 Å². The lowest BCUT2D eigenvalue weighted by molar-refractivity contribution is -0.126. The number of rotatable bonds is 3. The Morgan fingerprint density at radius 2 is 2.00 bits per heavy atom. The molecule has 1 fully saturated rings. The molecule has 1 aromatic heterocycles. The Hall–Kier alpha value is -1.52. The lowest BCUT2D eigenvalue weighted by atomic mass is 9.69. The number of aromatic nitrogens is 2. The number of nitrogens with two attached hydrogens (primary N) is 1. The average molecular weight is 292 g/mol. The van der Waals surface area contributed by atoms with Gasteiger partial charge in [-0.15, -0.1) is 0 Å². The van der Waals surface area contributed by atoms with Crippen molar-refractivity contribution in [2.45, 2.75) is 53.0 Å². The van der Waals surface area contributed by atoms with Gasteiger partial charge in [0.1, 0.15) is 5.82 Å². The van der Waals surface area contributed by atoms with Crippen LogP contribution in [0.1, 0.15) is 52.0 Å². The smallest absolute Gasteiger partial charge is 0.223 e. The second-order valence-corrected chi connectivity index (χ2v) is 7.31. The largest absolute Gasteiger partial charge is 0.384 e. The molecular weight excluding hydrogens is 264 g/mol. The van der Waals surface area contributed by atoms with Gasteiger partial charge in [-0.25, -0.2) is 0 Å². The van der Waals surface area contributed by atoms with E-state index >= 15 is 0 Å². The minimum Gasteiger partial charge on any atom is -0.384 e. The molecule has 1 heterocycles. The normalized spacial score (nSPS) is 23.0. The summed E-state index contributed by atoms with van der Waals surface area (Å²) in [5.74, 6) is 1.66. The van der Waals surface area contributed by atoms with Gasteiger partial charge in [0, 0.05) is 25.1 Å². The first-order valence-electron chi connectivity index (χ1n) is 7.83. The molecule has 2 rings (SSSR count). The van der Waals surface area contributed by atoms with E-state index < -0.39 is 0 Å². The Kier molecular flexibility index (Phi) is 4.59. The molecule has 0 atom stereocenters. The Labute approximate surface area is 127 Å². The molecule has 0 unspecified atom stereocenters. The van der Waals surface area contributed by atoms with Gasteiger partial charge in [-0.2, -0.15) is 5.10 Å². The summed E-state index contributed by atoms with van der Waals surface area (Å²) in [6.45, 7) is 7.35. The van der Waals surface area contributed by atoms with Gasteiger partial charge in [0.25, 0.3) is 0 Å². The summed E-state index contributed by atoms with van der Waals surface area (Å²) in [4.78, 5) is 12.3. The highest BCUT2D eigenvalue weighted by Crippen LogP contribution is 2.39. The molecule has 1 amide bonds. The number of hydrogen-bond acceptors (Lipinski definition) is 3. The summed E-state index contributed by atoms with van der Waals surface area (Å²) in [5, 5.41) is 7.09. The number of nitrogens with zero attached hydrogens (tertiary/aromatic N) is 2. The fourth-order valence-corrected chi connectivity index (χ4v) is 3.18. The second-order valence-electron chi connectivity index (χ2n) is 7.31. The van der Waals surface area contributed by atoms with E-state index in [1.807, 2.05) is 0 Å². The van der Waals surface area contributed by atoms with Gasteiger partial charge in [0.2, 0.25) is 5.91 Å². The van der Waals surface area contributed by atoms with Crippen LogP contribution < -0.4 is 11.1 Å². The van der Waals surface area contributed by atoms with Crippen LogP contribution in [0.25, 0.3) is 0 Å². The summed E-state index contributed by atoms with van der Waals surface area (Å²) in [5.41, 5.74) is 7.12. The zero-order valence-electron chi connectivity index (χ0n) is 13.6. The fraction of sp³-hybridized carbons (Fsp3) is 0.750. The minimum atomic E-state index is 0.154. The van der Waals surface area contributed by atoms with Crippen molar-refractivity contribution in [3.63, 3.8) is 0 Å². The summed E-state index contributed by atoms with van der Waals surface area (Å²) < 4.78 is 1.62. The summed E-state index contributed by atoms with van der Waals surface area (Å²) in [7, 11) is 1.80. The maximum Gasteiger partial charge on any atom is 0.223 e. The molecule has 0 aromatic carbocycles. The van der Waals surface area contributed by atoms with Crippen LogP contribution in [0.15, 0.2) is 6.20 Å². The maximum atomic E-state index is 12.3.